The van der Waals surface area contributed by atoms with E-state index >= 15 is 0 Å². The van der Waals surface area contributed by atoms with Crippen LogP contribution < -0.4 is 4.31 Å². The number of ether oxygens (including phenoxy) is 1. The topological polar surface area (TPSA) is 107 Å². The summed E-state index contributed by atoms with van der Waals surface area (Å²) in [6.45, 7) is 3.67. The van der Waals surface area contributed by atoms with Crippen molar-refractivity contribution < 1.29 is 22.9 Å². The lowest BCUT2D eigenvalue weighted by Crippen LogP contribution is -2.50. The van der Waals surface area contributed by atoms with Gasteiger partial charge in [-0.25, -0.2) is 8.42 Å². The van der Waals surface area contributed by atoms with Gasteiger partial charge in [-0.1, -0.05) is 42.0 Å². The molecular formula is C24H24N2O6S2. The number of esters is 1. The van der Waals surface area contributed by atoms with E-state index in [1.54, 1.807) is 60.8 Å². The zero-order valence-corrected chi connectivity index (χ0v) is 20.3. The van der Waals surface area contributed by atoms with E-state index in [4.69, 9.17) is 4.74 Å². The van der Waals surface area contributed by atoms with Gasteiger partial charge in [0.1, 0.15) is 6.04 Å². The van der Waals surface area contributed by atoms with Crippen LogP contribution in [0.3, 0.4) is 0 Å². The Morgan fingerprint density at radius 3 is 2.44 bits per heavy atom. The van der Waals surface area contributed by atoms with Crippen LogP contribution in [0.4, 0.5) is 5.69 Å². The number of anilines is 1. The molecule has 0 unspecified atom stereocenters. The maximum Gasteiger partial charge on any atom is 0.306 e. The molecule has 10 heteroatoms. The molecule has 178 valence electrons. The smallest absolute Gasteiger partial charge is 0.306 e. The largest absolute Gasteiger partial charge is 0.466 e. The fraction of sp³-hybridized carbons (Fsp3) is 0.292. The lowest BCUT2D eigenvalue weighted by molar-refractivity contribution is -0.531. The molecule has 0 aliphatic carbocycles. The van der Waals surface area contributed by atoms with Gasteiger partial charge in [-0.05, 0) is 49.1 Å². The normalized spacial score (nSPS) is 19.9. The molecule has 0 spiro atoms. The third-order valence-corrected chi connectivity index (χ3v) is 8.66. The fourth-order valence-corrected chi connectivity index (χ4v) is 7.02. The first-order valence-electron chi connectivity index (χ1n) is 10.8. The van der Waals surface area contributed by atoms with E-state index in [2.05, 4.69) is 0 Å². The summed E-state index contributed by atoms with van der Waals surface area (Å²) in [4.78, 5) is 25.1. The van der Waals surface area contributed by atoms with Gasteiger partial charge in [0, 0.05) is 9.80 Å². The SMILES string of the molecule is CCOC(=O)C[C@@H]1c2ccccc2N(S(=O)(=O)c2ccc(C)cc2)[C@H](c2cccs2)[C@H]1[N+](=O)[O-]. The van der Waals surface area contributed by atoms with Crippen LogP contribution in [0.15, 0.2) is 70.9 Å². The molecular weight excluding hydrogens is 476 g/mol. The molecule has 0 saturated heterocycles. The number of hydrogen-bond donors (Lipinski definition) is 0. The van der Waals surface area contributed by atoms with Crippen molar-refractivity contribution in [2.24, 2.45) is 0 Å². The number of carbonyl (C=O) groups excluding carboxylic acids is 1. The number of para-hydroxylation sites is 1. The number of benzene rings is 2. The number of nitro groups is 1. The van der Waals surface area contributed by atoms with Gasteiger partial charge in [0.15, 0.2) is 0 Å². The standard InChI is InChI=1S/C24H24N2O6S2/c1-3-32-22(27)15-19-18-7-4-5-8-20(18)25(34(30,31)17-12-10-16(2)11-13-17)24(23(19)26(28)29)21-9-6-14-33-21/h4-14,19,23-24H,3,15H2,1-2H3/t19-,23+,24-/m1/s1. The van der Waals surface area contributed by atoms with E-state index in [-0.39, 0.29) is 17.9 Å². The molecule has 0 saturated carbocycles. The van der Waals surface area contributed by atoms with E-state index < -0.39 is 38.9 Å². The van der Waals surface area contributed by atoms with Gasteiger partial charge in [-0.3, -0.25) is 19.2 Å². The van der Waals surface area contributed by atoms with Crippen molar-refractivity contribution in [1.29, 1.82) is 0 Å². The lowest BCUT2D eigenvalue weighted by atomic mass is 9.80. The predicted octanol–water partition coefficient (Wildman–Crippen LogP) is 4.69. The molecule has 1 aliphatic heterocycles. The molecule has 1 aromatic heterocycles. The minimum absolute atomic E-state index is 0.0420. The van der Waals surface area contributed by atoms with Gasteiger partial charge in [0.2, 0.25) is 6.04 Å². The van der Waals surface area contributed by atoms with Gasteiger partial charge >= 0.3 is 5.97 Å². The molecule has 0 amide bonds. The molecule has 2 aromatic carbocycles. The average Bonchev–Trinajstić information content (AvgIpc) is 3.33. The Morgan fingerprint density at radius 2 is 1.82 bits per heavy atom. The quantitative estimate of drug-likeness (QED) is 0.265. The number of carbonyl (C=O) groups is 1. The highest BCUT2D eigenvalue weighted by atomic mass is 32.2. The second-order valence-corrected chi connectivity index (χ2v) is 10.8. The van der Waals surface area contributed by atoms with Crippen LogP contribution in [0.5, 0.6) is 0 Å². The second-order valence-electron chi connectivity index (χ2n) is 8.02. The second kappa shape index (κ2) is 9.55. The highest BCUT2D eigenvalue weighted by Gasteiger charge is 2.54. The molecule has 0 radical (unpaired) electrons. The first-order valence-corrected chi connectivity index (χ1v) is 13.1. The van der Waals surface area contributed by atoms with Crippen molar-refractivity contribution in [3.63, 3.8) is 0 Å². The Balaban J connectivity index is 1.97. The number of hydrogen-bond acceptors (Lipinski definition) is 7. The molecule has 34 heavy (non-hydrogen) atoms. The van der Waals surface area contributed by atoms with Crippen LogP contribution in [-0.4, -0.2) is 32.0 Å². The number of nitrogens with zero attached hydrogens (tertiary/aromatic N) is 2. The summed E-state index contributed by atoms with van der Waals surface area (Å²) in [5, 5.41) is 14.3. The van der Waals surface area contributed by atoms with Crippen LogP contribution in [-0.2, 0) is 19.6 Å². The minimum atomic E-state index is -4.18. The van der Waals surface area contributed by atoms with Crippen LogP contribution >= 0.6 is 11.3 Å². The highest BCUT2D eigenvalue weighted by molar-refractivity contribution is 7.92. The first-order chi connectivity index (χ1) is 16.3. The molecule has 3 aromatic rings. The van der Waals surface area contributed by atoms with Crippen LogP contribution in [0, 0.1) is 17.0 Å². The van der Waals surface area contributed by atoms with Gasteiger partial charge in [-0.15, -0.1) is 11.3 Å². The molecule has 4 rings (SSSR count). The van der Waals surface area contributed by atoms with E-state index in [1.807, 2.05) is 6.92 Å². The average molecular weight is 501 g/mol. The molecule has 0 fully saturated rings. The highest BCUT2D eigenvalue weighted by Crippen LogP contribution is 2.50. The van der Waals surface area contributed by atoms with E-state index in [0.29, 0.717) is 16.1 Å². The summed E-state index contributed by atoms with van der Waals surface area (Å²) in [6.07, 6.45) is -0.225. The monoisotopic (exact) mass is 500 g/mol. The number of fused-ring (bicyclic) bond motifs is 1. The van der Waals surface area contributed by atoms with E-state index in [0.717, 1.165) is 9.87 Å². The lowest BCUT2D eigenvalue weighted by Gasteiger charge is -2.42. The van der Waals surface area contributed by atoms with Crippen molar-refractivity contribution >= 4 is 33.0 Å². The summed E-state index contributed by atoms with van der Waals surface area (Å²) >= 11 is 1.25. The Hall–Kier alpha value is -3.24. The van der Waals surface area contributed by atoms with Crippen molar-refractivity contribution in [1.82, 2.24) is 0 Å². The molecule has 0 N–H and O–H groups in total. The maximum atomic E-state index is 14.0. The van der Waals surface area contributed by atoms with Gasteiger partial charge in [-0.2, -0.15) is 0 Å². The van der Waals surface area contributed by atoms with Crippen molar-refractivity contribution in [3.05, 3.63) is 92.2 Å². The summed E-state index contributed by atoms with van der Waals surface area (Å²) in [5.41, 5.74) is 1.65. The third-order valence-electron chi connectivity index (χ3n) is 5.91. The van der Waals surface area contributed by atoms with Gasteiger partial charge < -0.3 is 4.74 Å². The van der Waals surface area contributed by atoms with Crippen molar-refractivity contribution in [2.45, 2.75) is 43.2 Å². The zero-order chi connectivity index (χ0) is 24.5. The van der Waals surface area contributed by atoms with Crippen LogP contribution in [0.1, 0.15) is 41.3 Å². The third kappa shape index (κ3) is 4.30. The molecule has 8 nitrogen and oxygen atoms in total. The first kappa shape index (κ1) is 23.9. The number of rotatable bonds is 7. The summed E-state index contributed by atoms with van der Waals surface area (Å²) < 4.78 is 34.2. The molecule has 2 heterocycles. The van der Waals surface area contributed by atoms with Crippen LogP contribution in [0.2, 0.25) is 0 Å². The Morgan fingerprint density at radius 1 is 1.12 bits per heavy atom. The Kier molecular flexibility index (Phi) is 6.72. The summed E-state index contributed by atoms with van der Waals surface area (Å²) in [7, 11) is -4.18. The number of thiophene rings is 1. The van der Waals surface area contributed by atoms with Crippen molar-refractivity contribution in [2.75, 3.05) is 10.9 Å². The molecule has 1 aliphatic rings. The maximum absolute atomic E-state index is 14.0. The molecule has 0 bridgehead atoms. The van der Waals surface area contributed by atoms with Gasteiger partial charge in [0.25, 0.3) is 10.0 Å². The number of sulfonamides is 1. The van der Waals surface area contributed by atoms with Crippen molar-refractivity contribution in [3.8, 4) is 0 Å². The fourth-order valence-electron chi connectivity index (χ4n) is 4.43. The number of aryl methyl sites for hydroxylation is 1. The summed E-state index contributed by atoms with van der Waals surface area (Å²) in [6, 6.07) is 14.0. The zero-order valence-electron chi connectivity index (χ0n) is 18.7. The Labute approximate surface area is 202 Å². The van der Waals surface area contributed by atoms with E-state index in [9.17, 15) is 23.3 Å². The molecule has 3 atom stereocenters. The van der Waals surface area contributed by atoms with Gasteiger partial charge in [0.05, 0.1) is 29.5 Å². The predicted molar refractivity (Wildman–Crippen MR) is 129 cm³/mol. The van der Waals surface area contributed by atoms with E-state index in [1.165, 1.54) is 23.5 Å². The summed E-state index contributed by atoms with van der Waals surface area (Å²) in [5.74, 6) is -1.42. The minimum Gasteiger partial charge on any atom is -0.466 e. The Bertz CT molecular complexity index is 1290. The van der Waals surface area contributed by atoms with Crippen LogP contribution in [0.25, 0.3) is 0 Å².